The van der Waals surface area contributed by atoms with Gasteiger partial charge in [-0.2, -0.15) is 11.8 Å². The van der Waals surface area contributed by atoms with Crippen molar-refractivity contribution in [2.45, 2.75) is 18.5 Å². The van der Waals surface area contributed by atoms with E-state index in [2.05, 4.69) is 17.3 Å². The molecule has 0 saturated carbocycles. The number of benzene rings is 1. The van der Waals surface area contributed by atoms with Gasteiger partial charge in [0.25, 0.3) is 0 Å². The zero-order valence-electron chi connectivity index (χ0n) is 11.0. The first-order valence-corrected chi connectivity index (χ1v) is 7.56. The van der Waals surface area contributed by atoms with E-state index in [0.717, 1.165) is 13.0 Å². The fourth-order valence-electron chi connectivity index (χ4n) is 2.43. The molecule has 1 N–H and O–H groups in total. The highest BCUT2D eigenvalue weighted by Gasteiger charge is 2.26. The standard InChI is InChI=1S/C14H21FN2S/c1-16-13(14-10-18-8-7-17(14)2)9-11-3-5-12(15)6-4-11/h3-6,13-14,16H,7-10H2,1-2H3. The van der Waals surface area contributed by atoms with Crippen molar-refractivity contribution in [2.75, 3.05) is 32.1 Å². The third kappa shape index (κ3) is 3.46. The highest BCUT2D eigenvalue weighted by atomic mass is 32.2. The summed E-state index contributed by atoms with van der Waals surface area (Å²) in [6.45, 7) is 1.15. The first kappa shape index (κ1) is 13.8. The van der Waals surface area contributed by atoms with Crippen molar-refractivity contribution in [3.8, 4) is 0 Å². The molecular formula is C14H21FN2S. The molecule has 2 rings (SSSR count). The second kappa shape index (κ2) is 6.55. The van der Waals surface area contributed by atoms with Crippen LogP contribution in [0, 0.1) is 5.82 Å². The molecule has 0 aromatic heterocycles. The second-order valence-corrected chi connectivity index (χ2v) is 6.00. The number of hydrogen-bond acceptors (Lipinski definition) is 3. The minimum Gasteiger partial charge on any atom is -0.315 e. The summed E-state index contributed by atoms with van der Waals surface area (Å²) in [5, 5.41) is 3.42. The van der Waals surface area contributed by atoms with Gasteiger partial charge in [0.05, 0.1) is 0 Å². The lowest BCUT2D eigenvalue weighted by molar-refractivity contribution is 0.219. The molecule has 4 heteroatoms. The molecule has 1 aromatic carbocycles. The molecule has 0 amide bonds. The van der Waals surface area contributed by atoms with Crippen molar-refractivity contribution < 1.29 is 4.39 Å². The quantitative estimate of drug-likeness (QED) is 0.899. The fraction of sp³-hybridized carbons (Fsp3) is 0.571. The van der Waals surface area contributed by atoms with Crippen LogP contribution in [0.1, 0.15) is 5.56 Å². The van der Waals surface area contributed by atoms with Gasteiger partial charge in [0.2, 0.25) is 0 Å². The summed E-state index contributed by atoms with van der Waals surface area (Å²) in [5.74, 6) is 2.23. The number of halogens is 1. The summed E-state index contributed by atoms with van der Waals surface area (Å²) in [7, 11) is 4.21. The van der Waals surface area contributed by atoms with Crippen LogP contribution in [0.5, 0.6) is 0 Å². The highest BCUT2D eigenvalue weighted by molar-refractivity contribution is 7.99. The van der Waals surface area contributed by atoms with Crippen LogP contribution in [-0.2, 0) is 6.42 Å². The molecule has 0 radical (unpaired) electrons. The Hall–Kier alpha value is -0.580. The van der Waals surface area contributed by atoms with E-state index >= 15 is 0 Å². The average molecular weight is 268 g/mol. The van der Waals surface area contributed by atoms with Crippen LogP contribution in [0.3, 0.4) is 0 Å². The maximum Gasteiger partial charge on any atom is 0.123 e. The Balaban J connectivity index is 2.02. The normalized spacial score (nSPS) is 22.9. The van der Waals surface area contributed by atoms with E-state index in [1.54, 1.807) is 12.1 Å². The average Bonchev–Trinajstić information content (AvgIpc) is 2.39. The van der Waals surface area contributed by atoms with Gasteiger partial charge < -0.3 is 10.2 Å². The number of thioether (sulfide) groups is 1. The minimum absolute atomic E-state index is 0.162. The zero-order valence-corrected chi connectivity index (χ0v) is 11.8. The van der Waals surface area contributed by atoms with Gasteiger partial charge in [-0.05, 0) is 38.2 Å². The Morgan fingerprint density at radius 2 is 2.17 bits per heavy atom. The molecule has 2 unspecified atom stereocenters. The summed E-state index contributed by atoms with van der Waals surface area (Å²) in [5.41, 5.74) is 1.19. The zero-order chi connectivity index (χ0) is 13.0. The SMILES string of the molecule is CNC(Cc1ccc(F)cc1)C1CSCCN1C. The third-order valence-electron chi connectivity index (χ3n) is 3.65. The van der Waals surface area contributed by atoms with Crippen molar-refractivity contribution in [2.24, 2.45) is 0 Å². The van der Waals surface area contributed by atoms with Gasteiger partial charge in [-0.25, -0.2) is 4.39 Å². The first-order valence-electron chi connectivity index (χ1n) is 6.40. The molecule has 0 spiro atoms. The highest BCUT2D eigenvalue weighted by Crippen LogP contribution is 2.19. The van der Waals surface area contributed by atoms with Crippen molar-refractivity contribution in [3.63, 3.8) is 0 Å². The molecule has 18 heavy (non-hydrogen) atoms. The Morgan fingerprint density at radius 3 is 2.78 bits per heavy atom. The lowest BCUT2D eigenvalue weighted by atomic mass is 9.99. The molecule has 100 valence electrons. The monoisotopic (exact) mass is 268 g/mol. The van der Waals surface area contributed by atoms with Crippen LogP contribution in [0.15, 0.2) is 24.3 Å². The van der Waals surface area contributed by atoms with Crippen LogP contribution in [0.25, 0.3) is 0 Å². The van der Waals surface area contributed by atoms with Crippen LogP contribution >= 0.6 is 11.8 Å². The van der Waals surface area contributed by atoms with Gasteiger partial charge >= 0.3 is 0 Å². The molecule has 2 atom stereocenters. The van der Waals surface area contributed by atoms with Gasteiger partial charge in [0, 0.05) is 30.1 Å². The summed E-state index contributed by atoms with van der Waals surface area (Å²) < 4.78 is 12.9. The molecule has 0 aliphatic carbocycles. The lowest BCUT2D eigenvalue weighted by Crippen LogP contribution is -2.52. The van der Waals surface area contributed by atoms with E-state index in [1.807, 2.05) is 30.9 Å². The van der Waals surface area contributed by atoms with Crippen LogP contribution in [0.2, 0.25) is 0 Å². The number of nitrogens with zero attached hydrogens (tertiary/aromatic N) is 1. The molecule has 1 heterocycles. The molecule has 1 aromatic rings. The Labute approximate surface area is 113 Å². The Morgan fingerprint density at radius 1 is 1.44 bits per heavy atom. The molecule has 1 saturated heterocycles. The summed E-state index contributed by atoms with van der Waals surface area (Å²) in [6, 6.07) is 7.83. The maximum absolute atomic E-state index is 12.9. The molecule has 0 bridgehead atoms. The second-order valence-electron chi connectivity index (χ2n) is 4.85. The van der Waals surface area contributed by atoms with Crippen molar-refractivity contribution in [3.05, 3.63) is 35.6 Å². The lowest BCUT2D eigenvalue weighted by Gasteiger charge is -2.37. The van der Waals surface area contributed by atoms with Crippen LogP contribution in [-0.4, -0.2) is 49.1 Å². The number of hydrogen-bond donors (Lipinski definition) is 1. The summed E-state index contributed by atoms with van der Waals surface area (Å²) in [4.78, 5) is 2.43. The van der Waals surface area contributed by atoms with Crippen molar-refractivity contribution >= 4 is 11.8 Å². The number of likely N-dealkylation sites (N-methyl/N-ethyl adjacent to an activating group) is 2. The molecular weight excluding hydrogens is 247 g/mol. The third-order valence-corrected chi connectivity index (χ3v) is 4.70. The van der Waals surface area contributed by atoms with E-state index in [-0.39, 0.29) is 5.82 Å². The van der Waals surface area contributed by atoms with E-state index in [0.29, 0.717) is 12.1 Å². The predicted octanol–water partition coefficient (Wildman–Crippen LogP) is 2.00. The van der Waals surface area contributed by atoms with Gasteiger partial charge in [0.1, 0.15) is 5.82 Å². The topological polar surface area (TPSA) is 15.3 Å². The van der Waals surface area contributed by atoms with Gasteiger partial charge in [-0.15, -0.1) is 0 Å². The molecule has 1 aliphatic rings. The Bertz CT molecular complexity index is 369. The van der Waals surface area contributed by atoms with Crippen LogP contribution < -0.4 is 5.32 Å². The molecule has 1 aliphatic heterocycles. The maximum atomic E-state index is 12.9. The molecule has 1 fully saturated rings. The smallest absolute Gasteiger partial charge is 0.123 e. The van der Waals surface area contributed by atoms with Crippen molar-refractivity contribution in [1.29, 1.82) is 0 Å². The van der Waals surface area contributed by atoms with Crippen LogP contribution in [0.4, 0.5) is 4.39 Å². The fourth-order valence-corrected chi connectivity index (χ4v) is 3.75. The first-order chi connectivity index (χ1) is 8.70. The van der Waals surface area contributed by atoms with Gasteiger partial charge in [-0.3, -0.25) is 0 Å². The Kier molecular flexibility index (Phi) is 5.03. The van der Waals surface area contributed by atoms with E-state index in [4.69, 9.17) is 0 Å². The van der Waals surface area contributed by atoms with Gasteiger partial charge in [-0.1, -0.05) is 12.1 Å². The molecule has 2 nitrogen and oxygen atoms in total. The van der Waals surface area contributed by atoms with E-state index < -0.39 is 0 Å². The summed E-state index contributed by atoms with van der Waals surface area (Å²) >= 11 is 2.02. The minimum atomic E-state index is -0.162. The predicted molar refractivity (Wildman–Crippen MR) is 76.7 cm³/mol. The number of nitrogens with one attached hydrogen (secondary N) is 1. The van der Waals surface area contributed by atoms with E-state index in [9.17, 15) is 4.39 Å². The van der Waals surface area contributed by atoms with Crippen molar-refractivity contribution in [1.82, 2.24) is 10.2 Å². The number of rotatable bonds is 4. The largest absolute Gasteiger partial charge is 0.315 e. The van der Waals surface area contributed by atoms with E-state index in [1.165, 1.54) is 17.1 Å². The van der Waals surface area contributed by atoms with Gasteiger partial charge in [0.15, 0.2) is 0 Å². The summed E-state index contributed by atoms with van der Waals surface area (Å²) in [6.07, 6.45) is 0.951.